The summed E-state index contributed by atoms with van der Waals surface area (Å²) < 4.78 is 6.35. The Morgan fingerprint density at radius 3 is 2.48 bits per heavy atom. The van der Waals surface area contributed by atoms with Gasteiger partial charge >= 0.3 is 0 Å². The Bertz CT molecular complexity index is 885. The summed E-state index contributed by atoms with van der Waals surface area (Å²) in [5, 5.41) is 3.67. The number of piperazine rings is 1. The molecule has 1 aromatic carbocycles. The highest BCUT2D eigenvalue weighted by Crippen LogP contribution is 2.28. The molecule has 1 N–H and O–H groups in total. The fourth-order valence-corrected chi connectivity index (χ4v) is 4.72. The molecule has 178 valence electrons. The third kappa shape index (κ3) is 6.62. The van der Waals surface area contributed by atoms with E-state index in [1.54, 1.807) is 0 Å². The third-order valence-corrected chi connectivity index (χ3v) is 6.82. The monoisotopic (exact) mass is 450 g/mol. The van der Waals surface area contributed by atoms with Gasteiger partial charge in [-0.05, 0) is 57.2 Å². The molecule has 6 heteroatoms. The summed E-state index contributed by atoms with van der Waals surface area (Å²) >= 11 is 0. The van der Waals surface area contributed by atoms with Crippen molar-refractivity contribution < 1.29 is 9.53 Å². The summed E-state index contributed by atoms with van der Waals surface area (Å²) in [5.74, 6) is 2.13. The van der Waals surface area contributed by atoms with E-state index in [2.05, 4.69) is 59.4 Å². The van der Waals surface area contributed by atoms with E-state index in [0.29, 0.717) is 12.5 Å². The van der Waals surface area contributed by atoms with Crippen LogP contribution in [0, 0.1) is 6.92 Å². The molecule has 1 aliphatic heterocycles. The van der Waals surface area contributed by atoms with E-state index in [1.807, 2.05) is 17.2 Å². The van der Waals surface area contributed by atoms with E-state index >= 15 is 0 Å². The number of nitrogens with one attached hydrogen (secondary N) is 1. The first-order valence-corrected chi connectivity index (χ1v) is 12.6. The Labute approximate surface area is 198 Å². The molecule has 2 heterocycles. The fourth-order valence-electron chi connectivity index (χ4n) is 4.72. The van der Waals surface area contributed by atoms with Gasteiger partial charge in [-0.15, -0.1) is 0 Å². The van der Waals surface area contributed by atoms with Gasteiger partial charge in [0.1, 0.15) is 11.6 Å². The van der Waals surface area contributed by atoms with Crippen molar-refractivity contribution in [3.05, 3.63) is 48.2 Å². The lowest BCUT2D eigenvalue weighted by Gasteiger charge is -2.35. The number of rotatable bonds is 8. The quantitative estimate of drug-likeness (QED) is 0.611. The minimum Gasteiger partial charge on any atom is -0.490 e. The summed E-state index contributed by atoms with van der Waals surface area (Å²) in [6.45, 7) is 7.43. The number of hydrogen-bond donors (Lipinski definition) is 1. The van der Waals surface area contributed by atoms with Gasteiger partial charge < -0.3 is 19.9 Å². The number of amides is 1. The minimum atomic E-state index is 0.254. The van der Waals surface area contributed by atoms with Crippen LogP contribution in [-0.2, 0) is 4.79 Å². The zero-order valence-electron chi connectivity index (χ0n) is 20.1. The van der Waals surface area contributed by atoms with Gasteiger partial charge in [0.2, 0.25) is 5.91 Å². The molecule has 1 aliphatic carbocycles. The molecule has 1 aromatic heterocycles. The number of hydrogen-bond acceptors (Lipinski definition) is 5. The molecule has 2 fully saturated rings. The average molecular weight is 451 g/mol. The van der Waals surface area contributed by atoms with E-state index in [9.17, 15) is 4.79 Å². The number of aromatic nitrogens is 1. The van der Waals surface area contributed by atoms with E-state index < -0.39 is 0 Å². The van der Waals surface area contributed by atoms with Gasteiger partial charge in [-0.25, -0.2) is 4.98 Å². The minimum absolute atomic E-state index is 0.254. The first kappa shape index (κ1) is 23.4. The molecule has 4 rings (SSSR count). The summed E-state index contributed by atoms with van der Waals surface area (Å²) in [6, 6.07) is 13.2. The second kappa shape index (κ2) is 11.4. The fraction of sp³-hybridized carbons (Fsp3) is 0.556. The lowest BCUT2D eigenvalue weighted by molar-refractivity contribution is -0.131. The maximum absolute atomic E-state index is 12.3. The molecule has 1 saturated carbocycles. The van der Waals surface area contributed by atoms with Gasteiger partial charge in [-0.3, -0.25) is 4.79 Å². The number of carbonyl (C=O) groups is 1. The molecule has 6 nitrogen and oxygen atoms in total. The second-order valence-corrected chi connectivity index (χ2v) is 9.42. The van der Waals surface area contributed by atoms with Crippen LogP contribution in [0.15, 0.2) is 42.6 Å². The number of anilines is 2. The lowest BCUT2D eigenvalue weighted by Crippen LogP contribution is -2.49. The number of benzene rings is 1. The van der Waals surface area contributed by atoms with Gasteiger partial charge in [-0.2, -0.15) is 0 Å². The van der Waals surface area contributed by atoms with E-state index in [4.69, 9.17) is 4.74 Å². The van der Waals surface area contributed by atoms with Crippen molar-refractivity contribution >= 4 is 17.4 Å². The Balaban J connectivity index is 1.23. The third-order valence-electron chi connectivity index (χ3n) is 6.82. The molecule has 0 bridgehead atoms. The highest BCUT2D eigenvalue weighted by Gasteiger charge is 2.24. The highest BCUT2D eigenvalue weighted by molar-refractivity contribution is 5.76. The number of unbranched alkanes of at least 4 members (excludes halogenated alkanes) is 1. The number of aryl methyl sites for hydroxylation is 1. The first-order chi connectivity index (χ1) is 16.1. The maximum atomic E-state index is 12.3. The molecule has 0 spiro atoms. The van der Waals surface area contributed by atoms with Crippen LogP contribution in [-0.4, -0.2) is 54.1 Å². The van der Waals surface area contributed by atoms with Crippen LogP contribution in [0.1, 0.15) is 57.4 Å². The van der Waals surface area contributed by atoms with Gasteiger partial charge in [0.05, 0.1) is 6.10 Å². The second-order valence-electron chi connectivity index (χ2n) is 9.42. The van der Waals surface area contributed by atoms with Gasteiger partial charge in [0, 0.05) is 56.6 Å². The largest absolute Gasteiger partial charge is 0.490 e. The summed E-state index contributed by atoms with van der Waals surface area (Å²) in [4.78, 5) is 21.1. The summed E-state index contributed by atoms with van der Waals surface area (Å²) in [6.07, 6.45) is 9.14. The van der Waals surface area contributed by atoms with Crippen LogP contribution in [0.25, 0.3) is 0 Å². The van der Waals surface area contributed by atoms with Crippen LogP contribution in [0.3, 0.4) is 0 Å². The maximum Gasteiger partial charge on any atom is 0.222 e. The van der Waals surface area contributed by atoms with Crippen LogP contribution in [0.4, 0.5) is 11.5 Å². The Kier molecular flexibility index (Phi) is 8.08. The van der Waals surface area contributed by atoms with Crippen molar-refractivity contribution in [2.75, 3.05) is 36.4 Å². The molecule has 2 aliphatic rings. The average Bonchev–Trinajstić information content (AvgIpc) is 2.85. The van der Waals surface area contributed by atoms with E-state index in [-0.39, 0.29) is 12.0 Å². The van der Waals surface area contributed by atoms with Crippen LogP contribution >= 0.6 is 0 Å². The molecule has 33 heavy (non-hydrogen) atoms. The topological polar surface area (TPSA) is 57.7 Å². The molecule has 2 aromatic rings. The predicted molar refractivity (Wildman–Crippen MR) is 134 cm³/mol. The normalized spacial score (nSPS) is 21.0. The van der Waals surface area contributed by atoms with E-state index in [0.717, 1.165) is 76.3 Å². The Hall–Kier alpha value is -2.76. The van der Waals surface area contributed by atoms with Crippen LogP contribution in [0.5, 0.6) is 5.75 Å². The predicted octanol–water partition coefficient (Wildman–Crippen LogP) is 5.03. The van der Waals surface area contributed by atoms with Crippen molar-refractivity contribution in [2.24, 2.45) is 0 Å². The number of nitrogens with zero attached hydrogens (tertiary/aromatic N) is 3. The molecule has 0 radical (unpaired) electrons. The number of ether oxygens (including phenoxy) is 1. The van der Waals surface area contributed by atoms with Crippen molar-refractivity contribution in [1.82, 2.24) is 9.88 Å². The van der Waals surface area contributed by atoms with E-state index in [1.165, 1.54) is 11.3 Å². The summed E-state index contributed by atoms with van der Waals surface area (Å²) in [5.41, 5.74) is 2.49. The lowest BCUT2D eigenvalue weighted by atomic mass is 9.92. The smallest absolute Gasteiger partial charge is 0.222 e. The number of carbonyl (C=O) groups excluding carboxylic acids is 1. The van der Waals surface area contributed by atoms with Crippen molar-refractivity contribution in [2.45, 2.75) is 70.9 Å². The van der Waals surface area contributed by atoms with Crippen molar-refractivity contribution in [1.29, 1.82) is 0 Å². The zero-order valence-corrected chi connectivity index (χ0v) is 20.1. The molecule has 0 atom stereocenters. The summed E-state index contributed by atoms with van der Waals surface area (Å²) in [7, 11) is 0. The van der Waals surface area contributed by atoms with Gasteiger partial charge in [-0.1, -0.05) is 31.0 Å². The molecule has 1 amide bonds. The first-order valence-electron chi connectivity index (χ1n) is 12.6. The standard InChI is InChI=1S/C27H38N4O2/c1-3-4-5-27(32)31-18-16-30(17-19-31)26-20-25(14-15-28-26)33-24-12-10-23(11-13-24)29-22-8-6-21(2)7-9-22/h6-9,14-15,20,23-24,29H,3-5,10-13,16-19H2,1-2H3/t23-,24-. The molecular formula is C27H38N4O2. The molecular weight excluding hydrogens is 412 g/mol. The number of pyridine rings is 1. The van der Waals surface area contributed by atoms with Crippen molar-refractivity contribution in [3.63, 3.8) is 0 Å². The van der Waals surface area contributed by atoms with Crippen molar-refractivity contribution in [3.8, 4) is 5.75 Å². The van der Waals surface area contributed by atoms with Gasteiger partial charge in [0.15, 0.2) is 0 Å². The highest BCUT2D eigenvalue weighted by atomic mass is 16.5. The van der Waals surface area contributed by atoms with Gasteiger partial charge in [0.25, 0.3) is 0 Å². The zero-order chi connectivity index (χ0) is 23.0. The Morgan fingerprint density at radius 1 is 1.06 bits per heavy atom. The molecule has 1 saturated heterocycles. The van der Waals surface area contributed by atoms with Crippen LogP contribution in [0.2, 0.25) is 0 Å². The van der Waals surface area contributed by atoms with Crippen LogP contribution < -0.4 is 15.0 Å². The molecule has 0 unspecified atom stereocenters. The SMILES string of the molecule is CCCCC(=O)N1CCN(c2cc(O[C@H]3CC[C@H](Nc4ccc(C)cc4)CC3)ccn2)CC1. The Morgan fingerprint density at radius 2 is 1.79 bits per heavy atom.